The lowest BCUT2D eigenvalue weighted by Crippen LogP contribution is -2.35. The molecule has 14 heteroatoms. The number of carbonyl (C=O) groups excluding carboxylic acids is 2. The molecule has 1 saturated heterocycles. The van der Waals surface area contributed by atoms with E-state index in [0.717, 1.165) is 39.9 Å². The molecule has 0 radical (unpaired) electrons. The van der Waals surface area contributed by atoms with Gasteiger partial charge in [-0.05, 0) is 24.6 Å². The fourth-order valence-corrected chi connectivity index (χ4v) is 6.65. The second kappa shape index (κ2) is 16.2. The van der Waals surface area contributed by atoms with Crippen LogP contribution in [0.15, 0.2) is 66.9 Å². The zero-order valence-corrected chi connectivity index (χ0v) is 30.1. The van der Waals surface area contributed by atoms with Gasteiger partial charge in [0.05, 0.1) is 53.0 Å². The highest BCUT2D eigenvalue weighted by atomic mass is 35.5. The number of fused-ring (bicyclic) bond motifs is 1. The zero-order chi connectivity index (χ0) is 36.1. The Kier molecular flexibility index (Phi) is 11.5. The second-order valence-corrected chi connectivity index (χ2v) is 13.4. The molecule has 1 fully saturated rings. The number of rotatable bonds is 14. The Morgan fingerprint density at radius 2 is 1.67 bits per heavy atom. The van der Waals surface area contributed by atoms with Crippen LogP contribution in [0.3, 0.4) is 0 Å². The minimum Gasteiger partial charge on any atom is -0.481 e. The van der Waals surface area contributed by atoms with Crippen molar-refractivity contribution in [2.45, 2.75) is 44.5 Å². The van der Waals surface area contributed by atoms with Gasteiger partial charge in [-0.15, -0.1) is 0 Å². The Hall–Kier alpha value is -4.59. The van der Waals surface area contributed by atoms with Crippen LogP contribution in [0, 0.1) is 0 Å². The van der Waals surface area contributed by atoms with Crippen molar-refractivity contribution in [1.29, 1.82) is 0 Å². The molecule has 1 aliphatic rings. The van der Waals surface area contributed by atoms with Gasteiger partial charge in [0.2, 0.25) is 17.7 Å². The fourth-order valence-electron chi connectivity index (χ4n) is 6.00. The molecule has 0 saturated carbocycles. The molecule has 12 nitrogen and oxygen atoms in total. The highest BCUT2D eigenvalue weighted by Crippen LogP contribution is 2.42. The summed E-state index contributed by atoms with van der Waals surface area (Å²) in [6.07, 6.45) is 2.47. The largest absolute Gasteiger partial charge is 0.481 e. The summed E-state index contributed by atoms with van der Waals surface area (Å²) >= 11 is 14.2. The number of aliphatic hydroxyl groups excluding tert-OH is 1. The van der Waals surface area contributed by atoms with Crippen molar-refractivity contribution < 1.29 is 19.4 Å². The molecule has 6 rings (SSSR count). The first kappa shape index (κ1) is 36.2. The van der Waals surface area contributed by atoms with Gasteiger partial charge in [0.25, 0.3) is 0 Å². The summed E-state index contributed by atoms with van der Waals surface area (Å²) in [7, 11) is 4.92. The van der Waals surface area contributed by atoms with Gasteiger partial charge < -0.3 is 30.7 Å². The summed E-state index contributed by atoms with van der Waals surface area (Å²) in [4.78, 5) is 34.2. The number of imidazole rings is 1. The minimum absolute atomic E-state index is 0.0485. The summed E-state index contributed by atoms with van der Waals surface area (Å²) in [5.41, 5.74) is 6.57. The maximum atomic E-state index is 11.8. The number of hydrogen-bond donors (Lipinski definition) is 4. The van der Waals surface area contributed by atoms with Crippen LogP contribution in [-0.4, -0.2) is 87.8 Å². The van der Waals surface area contributed by atoms with Crippen molar-refractivity contribution >= 4 is 40.7 Å². The highest BCUT2D eigenvalue weighted by molar-refractivity contribution is 6.39. The van der Waals surface area contributed by atoms with Gasteiger partial charge in [0, 0.05) is 80.6 Å². The monoisotopic (exact) mass is 730 g/mol. The van der Waals surface area contributed by atoms with Crippen molar-refractivity contribution in [3.63, 3.8) is 0 Å². The lowest BCUT2D eigenvalue weighted by Gasteiger charge is -2.15. The Morgan fingerprint density at radius 1 is 0.980 bits per heavy atom. The Balaban J connectivity index is 1.18. The van der Waals surface area contributed by atoms with E-state index in [0.29, 0.717) is 59.0 Å². The molecule has 0 unspecified atom stereocenters. The van der Waals surface area contributed by atoms with Crippen LogP contribution in [0.4, 0.5) is 0 Å². The Labute approximate surface area is 306 Å². The quantitative estimate of drug-likeness (QED) is 0.127. The van der Waals surface area contributed by atoms with Gasteiger partial charge in [0.15, 0.2) is 5.65 Å². The average Bonchev–Trinajstić information content (AvgIpc) is 3.73. The van der Waals surface area contributed by atoms with Gasteiger partial charge in [-0.2, -0.15) is 5.10 Å². The number of halogens is 2. The van der Waals surface area contributed by atoms with E-state index in [9.17, 15) is 14.7 Å². The van der Waals surface area contributed by atoms with Crippen molar-refractivity contribution in [1.82, 2.24) is 40.4 Å². The number of methoxy groups -OCH3 is 1. The molecule has 2 atom stereocenters. The third-order valence-corrected chi connectivity index (χ3v) is 9.54. The molecular formula is C37H40Cl2N8O4. The predicted molar refractivity (Wildman–Crippen MR) is 198 cm³/mol. The molecule has 266 valence electrons. The van der Waals surface area contributed by atoms with Crippen molar-refractivity contribution in [2.24, 2.45) is 0 Å². The number of nitrogens with zero attached hydrogens (tertiary/aromatic N) is 5. The van der Waals surface area contributed by atoms with E-state index in [1.165, 1.54) is 4.90 Å². The third-order valence-electron chi connectivity index (χ3n) is 8.73. The fraction of sp³-hybridized carbons (Fsp3) is 0.324. The van der Waals surface area contributed by atoms with Crippen LogP contribution < -0.4 is 20.7 Å². The smallest absolute Gasteiger partial charge is 0.224 e. The van der Waals surface area contributed by atoms with Crippen molar-refractivity contribution in [3.05, 3.63) is 88.2 Å². The van der Waals surface area contributed by atoms with Crippen LogP contribution >= 0.6 is 23.2 Å². The van der Waals surface area contributed by atoms with E-state index < -0.39 is 6.10 Å². The van der Waals surface area contributed by atoms with E-state index in [1.807, 2.05) is 66.9 Å². The second-order valence-electron chi connectivity index (χ2n) is 12.7. The first-order valence-corrected chi connectivity index (χ1v) is 17.4. The summed E-state index contributed by atoms with van der Waals surface area (Å²) < 4.78 is 7.34. The molecule has 4 heterocycles. The maximum absolute atomic E-state index is 11.8. The first-order valence-electron chi connectivity index (χ1n) is 16.7. The molecule has 2 aromatic carbocycles. The van der Waals surface area contributed by atoms with Crippen molar-refractivity contribution in [2.75, 3.05) is 34.3 Å². The van der Waals surface area contributed by atoms with Gasteiger partial charge in [-0.3, -0.25) is 9.59 Å². The molecule has 3 aromatic heterocycles. The van der Waals surface area contributed by atoms with Gasteiger partial charge >= 0.3 is 0 Å². The number of benzene rings is 2. The van der Waals surface area contributed by atoms with Gasteiger partial charge in [0.1, 0.15) is 0 Å². The van der Waals surface area contributed by atoms with E-state index in [-0.39, 0.29) is 30.8 Å². The zero-order valence-electron chi connectivity index (χ0n) is 28.6. The number of nitrogens with one attached hydrogen (secondary N) is 3. The van der Waals surface area contributed by atoms with E-state index in [2.05, 4.69) is 20.9 Å². The molecule has 51 heavy (non-hydrogen) atoms. The van der Waals surface area contributed by atoms with Crippen LogP contribution in [-0.2, 0) is 22.7 Å². The van der Waals surface area contributed by atoms with Crippen LogP contribution in [0.2, 0.25) is 10.0 Å². The summed E-state index contributed by atoms with van der Waals surface area (Å²) in [5, 5.41) is 25.5. The molecule has 5 aromatic rings. The molecule has 1 aliphatic heterocycles. The number of hydrogen-bond acceptors (Lipinski definition) is 9. The summed E-state index contributed by atoms with van der Waals surface area (Å²) in [6.45, 7) is 1.87. The number of aliphatic hydroxyl groups is 1. The average molecular weight is 732 g/mol. The number of amides is 2. The Morgan fingerprint density at radius 3 is 2.33 bits per heavy atom. The molecule has 0 spiro atoms. The standard InChI is InChI=1S/C37H40Cl2N8O4/c1-46(2)34(50)16-25(48)20-41-19-24-21-47-32(42-24)14-13-31(45-47)29-9-5-7-27(36(29)39)26-6-4-8-28(35(26)38)30-12-10-22(37(44-30)51-3)17-40-18-23-11-15-33(49)43-23/h4-10,12-14,21,23,25,40-41,48H,11,15-20H2,1-3H3,(H,43,49)/t23-,25+/m1/s1. The molecule has 2 amide bonds. The molecule has 0 aliphatic carbocycles. The number of ether oxygens (including phenoxy) is 1. The maximum Gasteiger partial charge on any atom is 0.224 e. The minimum atomic E-state index is -0.794. The third kappa shape index (κ3) is 8.49. The highest BCUT2D eigenvalue weighted by Gasteiger charge is 2.21. The summed E-state index contributed by atoms with van der Waals surface area (Å²) in [5.74, 6) is 0.453. The number of aromatic nitrogens is 4. The van der Waals surface area contributed by atoms with Crippen LogP contribution in [0.1, 0.15) is 30.5 Å². The van der Waals surface area contributed by atoms with Crippen LogP contribution in [0.25, 0.3) is 39.3 Å². The molecular weight excluding hydrogens is 691 g/mol. The summed E-state index contributed by atoms with van der Waals surface area (Å²) in [6, 6.07) is 19.3. The van der Waals surface area contributed by atoms with Crippen molar-refractivity contribution in [3.8, 4) is 39.5 Å². The van der Waals surface area contributed by atoms with E-state index >= 15 is 0 Å². The molecule has 4 N–H and O–H groups in total. The lowest BCUT2D eigenvalue weighted by atomic mass is 9.98. The number of carbonyl (C=O) groups is 2. The van der Waals surface area contributed by atoms with E-state index in [1.54, 1.807) is 25.7 Å². The lowest BCUT2D eigenvalue weighted by molar-refractivity contribution is -0.130. The Bertz CT molecular complexity index is 2050. The topological polar surface area (TPSA) is 146 Å². The first-order chi connectivity index (χ1) is 24.6. The van der Waals surface area contributed by atoms with Gasteiger partial charge in [-0.1, -0.05) is 65.7 Å². The van der Waals surface area contributed by atoms with Gasteiger partial charge in [-0.25, -0.2) is 14.5 Å². The van der Waals surface area contributed by atoms with E-state index in [4.69, 9.17) is 38.0 Å². The molecule has 0 bridgehead atoms. The normalized spacial score (nSPS) is 14.9. The SMILES string of the molecule is COc1nc(-c2cccc(-c3cccc(-c4ccc5nc(CNC[C@@H](O)CC(=O)N(C)C)cn5n4)c3Cl)c2Cl)ccc1CNC[C@H]1CCC(=O)N1. The van der Waals surface area contributed by atoms with Crippen LogP contribution in [0.5, 0.6) is 5.88 Å². The number of pyridine rings is 1. The predicted octanol–water partition coefficient (Wildman–Crippen LogP) is 4.74.